The van der Waals surface area contributed by atoms with Gasteiger partial charge in [-0.1, -0.05) is 0 Å². The number of hydrogen-bond acceptors (Lipinski definition) is 6. The zero-order valence-electron chi connectivity index (χ0n) is 15.9. The smallest absolute Gasteiger partial charge is 0.276 e. The third-order valence-electron chi connectivity index (χ3n) is 3.92. The Hall–Kier alpha value is -4.07. The van der Waals surface area contributed by atoms with Crippen LogP contribution in [0.25, 0.3) is 0 Å². The summed E-state index contributed by atoms with van der Waals surface area (Å²) in [7, 11) is 0. The lowest BCUT2D eigenvalue weighted by Gasteiger charge is -2.08. The molecular formula is C21H19N5O3. The normalized spacial score (nSPS) is 10.1. The third kappa shape index (κ3) is 5.46. The van der Waals surface area contributed by atoms with Gasteiger partial charge in [0.25, 0.3) is 5.91 Å². The van der Waals surface area contributed by atoms with Crippen LogP contribution < -0.4 is 16.0 Å². The zero-order chi connectivity index (χ0) is 20.8. The summed E-state index contributed by atoms with van der Waals surface area (Å²) < 4.78 is 0. The molecular weight excluding hydrogens is 370 g/mol. The number of ketones is 1. The summed E-state index contributed by atoms with van der Waals surface area (Å²) in [5.41, 5.74) is 2.74. The van der Waals surface area contributed by atoms with Crippen molar-refractivity contribution in [3.05, 3.63) is 71.9 Å². The molecule has 0 radical (unpaired) electrons. The van der Waals surface area contributed by atoms with E-state index in [1.54, 1.807) is 60.7 Å². The van der Waals surface area contributed by atoms with E-state index >= 15 is 0 Å². The van der Waals surface area contributed by atoms with Crippen LogP contribution in [0.3, 0.4) is 0 Å². The van der Waals surface area contributed by atoms with Gasteiger partial charge in [0.05, 0.1) is 0 Å². The van der Waals surface area contributed by atoms with Gasteiger partial charge in [0.1, 0.15) is 0 Å². The molecule has 0 spiro atoms. The van der Waals surface area contributed by atoms with Crippen molar-refractivity contribution >= 4 is 40.5 Å². The van der Waals surface area contributed by atoms with E-state index in [2.05, 4.69) is 26.1 Å². The molecule has 8 nitrogen and oxygen atoms in total. The van der Waals surface area contributed by atoms with Crippen molar-refractivity contribution in [1.29, 1.82) is 0 Å². The first-order valence-electron chi connectivity index (χ1n) is 8.81. The van der Waals surface area contributed by atoms with E-state index in [9.17, 15) is 14.4 Å². The Kier molecular flexibility index (Phi) is 5.94. The lowest BCUT2D eigenvalue weighted by molar-refractivity contribution is -0.114. The van der Waals surface area contributed by atoms with Gasteiger partial charge in [-0.25, -0.2) is 0 Å². The highest BCUT2D eigenvalue weighted by Gasteiger charge is 2.09. The molecule has 0 aliphatic rings. The second kappa shape index (κ2) is 8.75. The summed E-state index contributed by atoms with van der Waals surface area (Å²) in [6.07, 6.45) is 0. The average Bonchev–Trinajstić information content (AvgIpc) is 2.70. The number of hydrogen-bond donors (Lipinski definition) is 3. The maximum atomic E-state index is 12.3. The van der Waals surface area contributed by atoms with E-state index in [-0.39, 0.29) is 17.4 Å². The maximum absolute atomic E-state index is 12.3. The first-order valence-corrected chi connectivity index (χ1v) is 8.81. The molecule has 0 aliphatic carbocycles. The number of anilines is 4. The SMILES string of the molecule is CC(=O)Nc1ccc(Nc2ccc(C(=O)Nc3ccc(C(C)=O)cc3)nn2)cc1. The van der Waals surface area contributed by atoms with E-state index in [0.717, 1.165) is 5.69 Å². The maximum Gasteiger partial charge on any atom is 0.276 e. The fourth-order valence-corrected chi connectivity index (χ4v) is 2.49. The number of nitrogens with zero attached hydrogens (tertiary/aromatic N) is 2. The molecule has 0 saturated carbocycles. The molecule has 0 atom stereocenters. The first-order chi connectivity index (χ1) is 13.9. The minimum absolute atomic E-state index is 0.0402. The Bertz CT molecular complexity index is 1030. The summed E-state index contributed by atoms with van der Waals surface area (Å²) in [5.74, 6) is -0.110. The van der Waals surface area contributed by atoms with Crippen LogP contribution >= 0.6 is 0 Å². The van der Waals surface area contributed by atoms with Crippen LogP contribution in [0, 0.1) is 0 Å². The summed E-state index contributed by atoms with van der Waals surface area (Å²) in [4.78, 5) is 34.6. The van der Waals surface area contributed by atoms with Crippen LogP contribution in [0.15, 0.2) is 60.7 Å². The van der Waals surface area contributed by atoms with Gasteiger partial charge < -0.3 is 16.0 Å². The molecule has 146 valence electrons. The Labute approximate surface area is 167 Å². The highest BCUT2D eigenvalue weighted by Crippen LogP contribution is 2.17. The van der Waals surface area contributed by atoms with Gasteiger partial charge >= 0.3 is 0 Å². The van der Waals surface area contributed by atoms with E-state index in [1.165, 1.54) is 13.8 Å². The van der Waals surface area contributed by atoms with E-state index in [4.69, 9.17) is 0 Å². The van der Waals surface area contributed by atoms with Crippen LogP contribution in [0.2, 0.25) is 0 Å². The fraction of sp³-hybridized carbons (Fsp3) is 0.0952. The van der Waals surface area contributed by atoms with Crippen molar-refractivity contribution in [3.63, 3.8) is 0 Å². The number of rotatable bonds is 6. The molecule has 0 fully saturated rings. The second-order valence-electron chi connectivity index (χ2n) is 6.28. The van der Waals surface area contributed by atoms with Gasteiger partial charge in [-0.2, -0.15) is 0 Å². The van der Waals surface area contributed by atoms with Gasteiger partial charge in [0, 0.05) is 29.5 Å². The predicted molar refractivity (Wildman–Crippen MR) is 110 cm³/mol. The Morgan fingerprint density at radius 3 is 1.83 bits per heavy atom. The predicted octanol–water partition coefficient (Wildman–Crippen LogP) is 3.63. The lowest BCUT2D eigenvalue weighted by Crippen LogP contribution is -2.14. The van der Waals surface area contributed by atoms with E-state index in [1.807, 2.05) is 0 Å². The quantitative estimate of drug-likeness (QED) is 0.555. The van der Waals surface area contributed by atoms with Crippen molar-refractivity contribution < 1.29 is 14.4 Å². The number of amides is 2. The van der Waals surface area contributed by atoms with Gasteiger partial charge in [-0.3, -0.25) is 14.4 Å². The van der Waals surface area contributed by atoms with Gasteiger partial charge in [-0.15, -0.1) is 10.2 Å². The van der Waals surface area contributed by atoms with Gasteiger partial charge in [0.2, 0.25) is 5.91 Å². The van der Waals surface area contributed by atoms with Crippen molar-refractivity contribution in [2.24, 2.45) is 0 Å². The summed E-state index contributed by atoms with van der Waals surface area (Å²) >= 11 is 0. The molecule has 29 heavy (non-hydrogen) atoms. The first kappa shape index (κ1) is 19.7. The fourth-order valence-electron chi connectivity index (χ4n) is 2.49. The van der Waals surface area contributed by atoms with Gasteiger partial charge in [-0.05, 0) is 67.6 Å². The van der Waals surface area contributed by atoms with Crippen LogP contribution in [0.5, 0.6) is 0 Å². The number of carbonyl (C=O) groups is 3. The Balaban J connectivity index is 1.61. The molecule has 1 heterocycles. The Morgan fingerprint density at radius 1 is 0.690 bits per heavy atom. The van der Waals surface area contributed by atoms with Crippen molar-refractivity contribution in [1.82, 2.24) is 10.2 Å². The number of benzene rings is 2. The minimum atomic E-state index is -0.403. The highest BCUT2D eigenvalue weighted by atomic mass is 16.2. The Morgan fingerprint density at radius 2 is 1.28 bits per heavy atom. The standard InChI is InChI=1S/C21H19N5O3/c1-13(27)15-3-5-18(6-4-15)24-21(29)19-11-12-20(26-25-19)23-17-9-7-16(8-10-17)22-14(2)28/h3-12H,1-2H3,(H,22,28)(H,23,26)(H,24,29). The molecule has 0 bridgehead atoms. The second-order valence-corrected chi connectivity index (χ2v) is 6.28. The van der Waals surface area contributed by atoms with Gasteiger partial charge in [0.15, 0.2) is 17.3 Å². The van der Waals surface area contributed by atoms with E-state index < -0.39 is 5.91 Å². The zero-order valence-corrected chi connectivity index (χ0v) is 15.9. The molecule has 3 aromatic rings. The van der Waals surface area contributed by atoms with E-state index in [0.29, 0.717) is 22.8 Å². The molecule has 0 aliphatic heterocycles. The molecule has 8 heteroatoms. The highest BCUT2D eigenvalue weighted by molar-refractivity contribution is 6.03. The minimum Gasteiger partial charge on any atom is -0.339 e. The van der Waals surface area contributed by atoms with Crippen molar-refractivity contribution in [2.45, 2.75) is 13.8 Å². The van der Waals surface area contributed by atoms with Crippen LogP contribution in [-0.4, -0.2) is 27.8 Å². The number of Topliss-reactive ketones (excluding diaryl/α,β-unsaturated/α-hetero) is 1. The molecule has 0 saturated heterocycles. The molecule has 2 amide bonds. The third-order valence-corrected chi connectivity index (χ3v) is 3.92. The number of nitrogens with one attached hydrogen (secondary N) is 3. The number of aromatic nitrogens is 2. The molecule has 3 rings (SSSR count). The summed E-state index contributed by atoms with van der Waals surface area (Å²) in [5, 5.41) is 16.4. The largest absolute Gasteiger partial charge is 0.339 e. The van der Waals surface area contributed by atoms with Crippen LogP contribution in [0.4, 0.5) is 22.9 Å². The van der Waals surface area contributed by atoms with Crippen LogP contribution in [0.1, 0.15) is 34.7 Å². The monoisotopic (exact) mass is 389 g/mol. The van der Waals surface area contributed by atoms with Crippen LogP contribution in [-0.2, 0) is 4.79 Å². The summed E-state index contributed by atoms with van der Waals surface area (Å²) in [6, 6.07) is 16.9. The summed E-state index contributed by atoms with van der Waals surface area (Å²) in [6.45, 7) is 2.93. The lowest BCUT2D eigenvalue weighted by atomic mass is 10.1. The topological polar surface area (TPSA) is 113 Å². The molecule has 3 N–H and O–H groups in total. The van der Waals surface area contributed by atoms with Crippen molar-refractivity contribution in [2.75, 3.05) is 16.0 Å². The molecule has 1 aromatic heterocycles. The number of carbonyl (C=O) groups excluding carboxylic acids is 3. The molecule has 2 aromatic carbocycles. The molecule has 0 unspecified atom stereocenters. The van der Waals surface area contributed by atoms with Crippen molar-refractivity contribution in [3.8, 4) is 0 Å². The average molecular weight is 389 g/mol.